The van der Waals surface area contributed by atoms with Crippen molar-refractivity contribution in [2.24, 2.45) is 0 Å². The van der Waals surface area contributed by atoms with E-state index in [1.54, 1.807) is 11.9 Å². The van der Waals surface area contributed by atoms with Crippen molar-refractivity contribution in [3.63, 3.8) is 0 Å². The van der Waals surface area contributed by atoms with Crippen molar-refractivity contribution in [2.45, 2.75) is 6.23 Å². The predicted molar refractivity (Wildman–Crippen MR) is 48.5 cm³/mol. The summed E-state index contributed by atoms with van der Waals surface area (Å²) in [5.74, 6) is 0. The highest BCUT2D eigenvalue weighted by Crippen LogP contribution is 2.13. The van der Waals surface area contributed by atoms with Crippen molar-refractivity contribution in [1.82, 2.24) is 9.21 Å². The van der Waals surface area contributed by atoms with Gasteiger partial charge >= 0.3 is 0 Å². The third-order valence-electron chi connectivity index (χ3n) is 1.84. The van der Waals surface area contributed by atoms with Gasteiger partial charge in [0.1, 0.15) is 6.23 Å². The Bertz CT molecular complexity index is 121. The molecular formula is C7H16N2OS. The van der Waals surface area contributed by atoms with Gasteiger partial charge in [0, 0.05) is 13.1 Å². The van der Waals surface area contributed by atoms with Crippen molar-refractivity contribution in [1.29, 1.82) is 0 Å². The quantitative estimate of drug-likeness (QED) is 0.569. The molecule has 0 radical (unpaired) electrons. The van der Waals surface area contributed by atoms with Crippen LogP contribution in [0.5, 0.6) is 0 Å². The van der Waals surface area contributed by atoms with Gasteiger partial charge in [-0.3, -0.25) is 4.90 Å². The van der Waals surface area contributed by atoms with E-state index in [2.05, 4.69) is 29.6 Å². The standard InChI is InChI=1S/C7H16N2OS/c1-8(2)7-6-9(11-3)4-5-10-7/h7H,4-6H2,1-3H3. The maximum Gasteiger partial charge on any atom is 0.123 e. The molecular weight excluding hydrogens is 160 g/mol. The van der Waals surface area contributed by atoms with Gasteiger partial charge in [0.25, 0.3) is 0 Å². The van der Waals surface area contributed by atoms with Crippen LogP contribution in [-0.2, 0) is 4.74 Å². The summed E-state index contributed by atoms with van der Waals surface area (Å²) in [5, 5.41) is 0. The lowest BCUT2D eigenvalue weighted by molar-refractivity contribution is -0.0732. The highest BCUT2D eigenvalue weighted by molar-refractivity contribution is 7.96. The first-order chi connectivity index (χ1) is 5.24. The zero-order valence-electron chi connectivity index (χ0n) is 7.41. The van der Waals surface area contributed by atoms with Gasteiger partial charge in [-0.25, -0.2) is 4.31 Å². The number of hydrogen-bond donors (Lipinski definition) is 0. The molecule has 0 bridgehead atoms. The molecule has 66 valence electrons. The molecule has 0 aromatic heterocycles. The summed E-state index contributed by atoms with van der Waals surface area (Å²) in [4.78, 5) is 2.11. The van der Waals surface area contributed by atoms with Crippen LogP contribution < -0.4 is 0 Å². The minimum absolute atomic E-state index is 0.274. The zero-order chi connectivity index (χ0) is 8.27. The normalized spacial score (nSPS) is 27.8. The Hall–Kier alpha value is 0.230. The van der Waals surface area contributed by atoms with Crippen LogP contribution in [0.4, 0.5) is 0 Å². The minimum Gasteiger partial charge on any atom is -0.360 e. The number of morpholine rings is 1. The van der Waals surface area contributed by atoms with E-state index in [-0.39, 0.29) is 6.23 Å². The van der Waals surface area contributed by atoms with E-state index < -0.39 is 0 Å². The third-order valence-corrected chi connectivity index (χ3v) is 2.69. The minimum atomic E-state index is 0.274. The summed E-state index contributed by atoms with van der Waals surface area (Å²) in [6.45, 7) is 2.91. The monoisotopic (exact) mass is 176 g/mol. The molecule has 1 unspecified atom stereocenters. The molecule has 3 nitrogen and oxygen atoms in total. The molecule has 4 heteroatoms. The van der Waals surface area contributed by atoms with Crippen LogP contribution in [0.15, 0.2) is 0 Å². The van der Waals surface area contributed by atoms with Crippen LogP contribution in [0.25, 0.3) is 0 Å². The molecule has 0 aromatic rings. The fourth-order valence-corrected chi connectivity index (χ4v) is 1.62. The molecule has 11 heavy (non-hydrogen) atoms. The van der Waals surface area contributed by atoms with Crippen LogP contribution in [0, 0.1) is 0 Å². The number of likely N-dealkylation sites (N-methyl/N-ethyl adjacent to an activating group) is 1. The molecule has 0 N–H and O–H groups in total. The maximum atomic E-state index is 5.54. The summed E-state index contributed by atoms with van der Waals surface area (Å²) in [6.07, 6.45) is 2.38. The highest BCUT2D eigenvalue weighted by atomic mass is 32.2. The van der Waals surface area contributed by atoms with Crippen molar-refractivity contribution >= 4 is 11.9 Å². The summed E-state index contributed by atoms with van der Waals surface area (Å²) >= 11 is 1.79. The van der Waals surface area contributed by atoms with Gasteiger partial charge in [-0.1, -0.05) is 11.9 Å². The molecule has 0 saturated carbocycles. The van der Waals surface area contributed by atoms with Gasteiger partial charge in [0.2, 0.25) is 0 Å². The summed E-state index contributed by atoms with van der Waals surface area (Å²) in [7, 11) is 4.10. The van der Waals surface area contributed by atoms with Crippen LogP contribution in [0.3, 0.4) is 0 Å². The first kappa shape index (κ1) is 9.32. The van der Waals surface area contributed by atoms with Gasteiger partial charge in [0.05, 0.1) is 6.61 Å². The fraction of sp³-hybridized carbons (Fsp3) is 1.00. The van der Waals surface area contributed by atoms with Gasteiger partial charge in [-0.2, -0.15) is 0 Å². The number of hydrogen-bond acceptors (Lipinski definition) is 4. The van der Waals surface area contributed by atoms with Gasteiger partial charge in [-0.15, -0.1) is 0 Å². The Labute approximate surface area is 72.8 Å². The van der Waals surface area contributed by atoms with Crippen molar-refractivity contribution in [2.75, 3.05) is 40.0 Å². The van der Waals surface area contributed by atoms with Crippen LogP contribution >= 0.6 is 11.9 Å². The maximum absolute atomic E-state index is 5.54. The topological polar surface area (TPSA) is 15.7 Å². The first-order valence-corrected chi connectivity index (χ1v) is 4.99. The predicted octanol–water partition coefficient (Wildman–Crippen LogP) is 0.484. The van der Waals surface area contributed by atoms with Crippen LogP contribution in [0.2, 0.25) is 0 Å². The summed E-state index contributed by atoms with van der Waals surface area (Å²) in [6, 6.07) is 0. The Morgan fingerprint density at radius 1 is 1.55 bits per heavy atom. The Morgan fingerprint density at radius 3 is 2.82 bits per heavy atom. The molecule has 1 fully saturated rings. The molecule has 0 amide bonds. The zero-order valence-corrected chi connectivity index (χ0v) is 8.23. The Morgan fingerprint density at radius 2 is 2.27 bits per heavy atom. The molecule has 1 atom stereocenters. The Balaban J connectivity index is 2.33. The second-order valence-electron chi connectivity index (χ2n) is 2.86. The second kappa shape index (κ2) is 4.30. The third kappa shape index (κ3) is 2.63. The van der Waals surface area contributed by atoms with Crippen molar-refractivity contribution < 1.29 is 4.74 Å². The lowest BCUT2D eigenvalue weighted by Crippen LogP contribution is -2.45. The lowest BCUT2D eigenvalue weighted by Gasteiger charge is -2.34. The van der Waals surface area contributed by atoms with Gasteiger partial charge in [-0.05, 0) is 20.4 Å². The number of rotatable bonds is 2. The number of nitrogens with zero attached hydrogens (tertiary/aromatic N) is 2. The Kier molecular flexibility index (Phi) is 3.65. The molecule has 1 aliphatic heterocycles. The largest absolute Gasteiger partial charge is 0.360 e. The van der Waals surface area contributed by atoms with Crippen molar-refractivity contribution in [3.05, 3.63) is 0 Å². The van der Waals surface area contributed by atoms with E-state index >= 15 is 0 Å². The van der Waals surface area contributed by atoms with E-state index in [4.69, 9.17) is 4.74 Å². The highest BCUT2D eigenvalue weighted by Gasteiger charge is 2.20. The molecule has 0 spiro atoms. The average molecular weight is 176 g/mol. The smallest absolute Gasteiger partial charge is 0.123 e. The van der Waals surface area contributed by atoms with Crippen LogP contribution in [0.1, 0.15) is 0 Å². The van der Waals surface area contributed by atoms with E-state index in [9.17, 15) is 0 Å². The summed E-state index contributed by atoms with van der Waals surface area (Å²) < 4.78 is 7.87. The van der Waals surface area contributed by atoms with E-state index in [1.165, 1.54) is 0 Å². The molecule has 1 heterocycles. The average Bonchev–Trinajstić information content (AvgIpc) is 2.05. The molecule has 1 rings (SSSR count). The lowest BCUT2D eigenvalue weighted by atomic mass is 10.4. The molecule has 0 aromatic carbocycles. The first-order valence-electron chi connectivity index (χ1n) is 3.81. The SMILES string of the molecule is CSN1CCOC(N(C)C)C1. The fourth-order valence-electron chi connectivity index (χ4n) is 1.09. The van der Waals surface area contributed by atoms with Crippen LogP contribution in [-0.4, -0.2) is 55.5 Å². The summed E-state index contributed by atoms with van der Waals surface area (Å²) in [5.41, 5.74) is 0. The second-order valence-corrected chi connectivity index (χ2v) is 3.74. The van der Waals surface area contributed by atoms with E-state index in [0.29, 0.717) is 0 Å². The van der Waals surface area contributed by atoms with E-state index in [1.807, 2.05) is 0 Å². The number of ether oxygens (including phenoxy) is 1. The van der Waals surface area contributed by atoms with Gasteiger partial charge in [0.15, 0.2) is 0 Å². The van der Waals surface area contributed by atoms with Gasteiger partial charge < -0.3 is 4.74 Å². The van der Waals surface area contributed by atoms with E-state index in [0.717, 1.165) is 19.7 Å². The molecule has 1 saturated heterocycles. The van der Waals surface area contributed by atoms with Crippen molar-refractivity contribution in [3.8, 4) is 0 Å². The molecule has 0 aliphatic carbocycles. The molecule has 1 aliphatic rings.